The van der Waals surface area contributed by atoms with Gasteiger partial charge in [-0.05, 0) is 6.42 Å². The van der Waals surface area contributed by atoms with Crippen molar-refractivity contribution >= 4 is 17.8 Å². The van der Waals surface area contributed by atoms with Crippen molar-refractivity contribution in [1.82, 2.24) is 5.32 Å². The molecule has 0 aliphatic heterocycles. The molecular formula is C17H32NNaO4. The van der Waals surface area contributed by atoms with Crippen molar-refractivity contribution in [2.75, 3.05) is 6.54 Å². The number of ether oxygens (including phenoxy) is 1. The van der Waals surface area contributed by atoms with E-state index < -0.39 is 11.9 Å². The summed E-state index contributed by atoms with van der Waals surface area (Å²) in [6, 6.07) is 0. The van der Waals surface area contributed by atoms with E-state index in [4.69, 9.17) is 0 Å². The predicted molar refractivity (Wildman–Crippen MR) is 87.4 cm³/mol. The second-order valence-corrected chi connectivity index (χ2v) is 5.55. The molecule has 0 bridgehead atoms. The normalized spacial score (nSPS) is 9.83. The Balaban J connectivity index is -0.00000220. The summed E-state index contributed by atoms with van der Waals surface area (Å²) in [5.41, 5.74) is 0. The molecule has 0 aromatic heterocycles. The Morgan fingerprint density at radius 3 is 1.87 bits per heavy atom. The Kier molecular flexibility index (Phi) is 19.4. The van der Waals surface area contributed by atoms with E-state index in [1.54, 1.807) is 6.92 Å². The zero-order valence-electron chi connectivity index (χ0n) is 16.1. The molecule has 0 aliphatic carbocycles. The SMILES string of the molecule is CCCCCCCCCCCC(=O)NCC(=O)OC(=O)CC.[H-].[Na+]. The standard InChI is InChI=1S/C17H31NO4.Na.H/c1-3-5-6-7-8-9-10-11-12-13-15(19)18-14-17(21)22-16(20)4-2;;/h3-14H2,1-2H3,(H,18,19);;/q;+1;-1. The fraction of sp³-hybridized carbons (Fsp3) is 0.824. The van der Waals surface area contributed by atoms with Crippen LogP contribution >= 0.6 is 0 Å². The van der Waals surface area contributed by atoms with Gasteiger partial charge in [-0.15, -0.1) is 0 Å². The van der Waals surface area contributed by atoms with Crippen LogP contribution in [0.2, 0.25) is 0 Å². The predicted octanol–water partition coefficient (Wildman–Crippen LogP) is 0.620. The first-order chi connectivity index (χ1) is 10.6. The summed E-state index contributed by atoms with van der Waals surface area (Å²) in [5, 5.41) is 2.47. The summed E-state index contributed by atoms with van der Waals surface area (Å²) in [6.45, 7) is 3.59. The fourth-order valence-electron chi connectivity index (χ4n) is 2.09. The van der Waals surface area contributed by atoms with Crippen molar-refractivity contribution in [3.8, 4) is 0 Å². The molecule has 0 aromatic carbocycles. The molecule has 1 N–H and O–H groups in total. The van der Waals surface area contributed by atoms with E-state index in [9.17, 15) is 14.4 Å². The van der Waals surface area contributed by atoms with Gasteiger partial charge in [-0.3, -0.25) is 9.59 Å². The van der Waals surface area contributed by atoms with Crippen LogP contribution in [0.5, 0.6) is 0 Å². The summed E-state index contributed by atoms with van der Waals surface area (Å²) in [7, 11) is 0. The van der Waals surface area contributed by atoms with Gasteiger partial charge >= 0.3 is 41.5 Å². The number of hydrogen-bond acceptors (Lipinski definition) is 4. The van der Waals surface area contributed by atoms with Crippen molar-refractivity contribution < 1.29 is 50.1 Å². The van der Waals surface area contributed by atoms with E-state index in [1.165, 1.54) is 38.5 Å². The molecule has 0 radical (unpaired) electrons. The molecule has 0 aliphatic rings. The van der Waals surface area contributed by atoms with Gasteiger partial charge in [0.15, 0.2) is 0 Å². The van der Waals surface area contributed by atoms with E-state index >= 15 is 0 Å². The molecule has 23 heavy (non-hydrogen) atoms. The van der Waals surface area contributed by atoms with Gasteiger partial charge in [0.1, 0.15) is 6.54 Å². The van der Waals surface area contributed by atoms with Gasteiger partial charge in [-0.1, -0.05) is 65.2 Å². The molecular weight excluding hydrogens is 305 g/mol. The Morgan fingerprint density at radius 1 is 0.826 bits per heavy atom. The van der Waals surface area contributed by atoms with E-state index in [1.807, 2.05) is 0 Å². The fourth-order valence-corrected chi connectivity index (χ4v) is 2.09. The van der Waals surface area contributed by atoms with E-state index in [0.717, 1.165) is 19.3 Å². The number of nitrogens with one attached hydrogen (secondary N) is 1. The number of hydrogen-bond donors (Lipinski definition) is 1. The summed E-state index contributed by atoms with van der Waals surface area (Å²) < 4.78 is 4.46. The minimum Gasteiger partial charge on any atom is -1.00 e. The van der Waals surface area contributed by atoms with Crippen molar-refractivity contribution in [1.29, 1.82) is 0 Å². The minimum absolute atomic E-state index is 0. The maximum Gasteiger partial charge on any atom is 1.00 e. The third-order valence-corrected chi connectivity index (χ3v) is 3.45. The van der Waals surface area contributed by atoms with Crippen LogP contribution in [0.15, 0.2) is 0 Å². The topological polar surface area (TPSA) is 72.5 Å². The molecule has 6 heteroatoms. The largest absolute Gasteiger partial charge is 1.00 e. The van der Waals surface area contributed by atoms with Gasteiger partial charge in [-0.25, -0.2) is 4.79 Å². The van der Waals surface area contributed by atoms with Gasteiger partial charge in [0.25, 0.3) is 0 Å². The molecule has 0 fully saturated rings. The maximum atomic E-state index is 11.5. The molecule has 0 rings (SSSR count). The molecule has 0 heterocycles. The van der Waals surface area contributed by atoms with Gasteiger partial charge in [0, 0.05) is 12.8 Å². The van der Waals surface area contributed by atoms with E-state index in [-0.39, 0.29) is 49.9 Å². The molecule has 0 saturated heterocycles. The minimum atomic E-state index is -0.702. The molecule has 0 saturated carbocycles. The quantitative estimate of drug-likeness (QED) is 0.231. The number of rotatable bonds is 13. The zero-order valence-corrected chi connectivity index (χ0v) is 17.1. The number of esters is 2. The second kappa shape index (κ2) is 18.0. The smallest absolute Gasteiger partial charge is 1.00 e. The second-order valence-electron chi connectivity index (χ2n) is 5.55. The van der Waals surface area contributed by atoms with Crippen LogP contribution in [0, 0.1) is 0 Å². The van der Waals surface area contributed by atoms with Crippen molar-refractivity contribution in [3.63, 3.8) is 0 Å². The molecule has 0 spiro atoms. The number of carbonyl (C=O) groups excluding carboxylic acids is 3. The van der Waals surface area contributed by atoms with Crippen LogP contribution in [0.25, 0.3) is 0 Å². The zero-order chi connectivity index (χ0) is 16.6. The summed E-state index contributed by atoms with van der Waals surface area (Å²) >= 11 is 0. The van der Waals surface area contributed by atoms with Crippen LogP contribution in [-0.4, -0.2) is 24.4 Å². The molecule has 1 amide bonds. The summed E-state index contributed by atoms with van der Waals surface area (Å²) in [5.74, 6) is -1.44. The summed E-state index contributed by atoms with van der Waals surface area (Å²) in [4.78, 5) is 33.6. The molecule has 5 nitrogen and oxygen atoms in total. The van der Waals surface area contributed by atoms with Crippen LogP contribution in [-0.2, 0) is 19.1 Å². The molecule has 0 aromatic rings. The van der Waals surface area contributed by atoms with E-state index in [2.05, 4.69) is 17.0 Å². The first kappa shape index (κ1) is 24.9. The van der Waals surface area contributed by atoms with Crippen LogP contribution in [0.1, 0.15) is 85.9 Å². The van der Waals surface area contributed by atoms with Gasteiger partial charge < -0.3 is 11.5 Å². The van der Waals surface area contributed by atoms with Crippen molar-refractivity contribution in [2.45, 2.75) is 84.5 Å². The van der Waals surface area contributed by atoms with Crippen LogP contribution in [0.3, 0.4) is 0 Å². The van der Waals surface area contributed by atoms with Gasteiger partial charge in [0.05, 0.1) is 0 Å². The van der Waals surface area contributed by atoms with Crippen LogP contribution in [0.4, 0.5) is 0 Å². The average Bonchev–Trinajstić information content (AvgIpc) is 2.51. The Labute approximate surface area is 164 Å². The first-order valence-corrected chi connectivity index (χ1v) is 8.60. The third kappa shape index (κ3) is 17.8. The summed E-state index contributed by atoms with van der Waals surface area (Å²) in [6.07, 6.45) is 11.4. The average molecular weight is 337 g/mol. The Hall–Kier alpha value is -0.390. The van der Waals surface area contributed by atoms with Crippen LogP contribution < -0.4 is 34.9 Å². The first-order valence-electron chi connectivity index (χ1n) is 8.60. The Bertz CT molecular complexity index is 341. The molecule has 0 unspecified atom stereocenters. The van der Waals surface area contributed by atoms with Gasteiger partial charge in [0.2, 0.25) is 5.91 Å². The maximum absolute atomic E-state index is 11.5. The van der Waals surface area contributed by atoms with Gasteiger partial charge in [-0.2, -0.15) is 0 Å². The Morgan fingerprint density at radius 2 is 1.35 bits per heavy atom. The van der Waals surface area contributed by atoms with Crippen molar-refractivity contribution in [2.24, 2.45) is 0 Å². The number of unbranched alkanes of at least 4 members (excludes halogenated alkanes) is 8. The third-order valence-electron chi connectivity index (χ3n) is 3.45. The molecule has 130 valence electrons. The van der Waals surface area contributed by atoms with Crippen molar-refractivity contribution in [3.05, 3.63) is 0 Å². The van der Waals surface area contributed by atoms with E-state index in [0.29, 0.717) is 6.42 Å². The number of carbonyl (C=O) groups is 3. The number of amides is 1. The monoisotopic (exact) mass is 337 g/mol. The molecule has 0 atom stereocenters.